The number of hydrogen-bond acceptors (Lipinski definition) is 5. The maximum absolute atomic E-state index is 12.4. The monoisotopic (exact) mass is 345 g/mol. The lowest BCUT2D eigenvalue weighted by Crippen LogP contribution is -2.33. The number of nitrogens with zero attached hydrogens (tertiary/aromatic N) is 1. The van der Waals surface area contributed by atoms with Crippen LogP contribution in [0.3, 0.4) is 0 Å². The number of aliphatic hydroxyl groups is 1. The Morgan fingerprint density at radius 3 is 2.88 bits per heavy atom. The molecule has 0 spiro atoms. The quantitative estimate of drug-likeness (QED) is 0.837. The zero-order valence-electron chi connectivity index (χ0n) is 14.6. The largest absolute Gasteiger partial charge is 0.483 e. The van der Waals surface area contributed by atoms with E-state index in [0.717, 1.165) is 22.9 Å². The van der Waals surface area contributed by atoms with Crippen LogP contribution in [0.1, 0.15) is 24.5 Å². The molecule has 0 saturated carbocycles. The molecule has 3 rings (SSSR count). The van der Waals surface area contributed by atoms with Crippen molar-refractivity contribution in [1.29, 1.82) is 0 Å². The van der Waals surface area contributed by atoms with Crippen molar-refractivity contribution < 1.29 is 19.1 Å². The van der Waals surface area contributed by atoms with Crippen LogP contribution >= 0.6 is 0 Å². The van der Waals surface area contributed by atoms with Gasteiger partial charge in [-0.1, -0.05) is 6.92 Å². The van der Waals surface area contributed by atoms with Gasteiger partial charge in [-0.15, -0.1) is 0 Å². The molecule has 1 aromatic heterocycles. The topological polar surface area (TPSA) is 80.0 Å². The normalized spacial score (nSPS) is 17.2. The van der Waals surface area contributed by atoms with Crippen molar-refractivity contribution in [3.05, 3.63) is 39.7 Å². The fourth-order valence-corrected chi connectivity index (χ4v) is 3.30. The highest BCUT2D eigenvalue weighted by atomic mass is 16.5. The van der Waals surface area contributed by atoms with Gasteiger partial charge in [0.05, 0.1) is 5.39 Å². The van der Waals surface area contributed by atoms with Crippen LogP contribution in [-0.2, 0) is 11.2 Å². The van der Waals surface area contributed by atoms with Crippen LogP contribution in [0.4, 0.5) is 0 Å². The van der Waals surface area contributed by atoms with Crippen molar-refractivity contribution in [3.63, 3.8) is 0 Å². The smallest absolute Gasteiger partial charge is 0.336 e. The molecule has 6 heteroatoms. The van der Waals surface area contributed by atoms with Crippen molar-refractivity contribution in [3.8, 4) is 5.75 Å². The van der Waals surface area contributed by atoms with Gasteiger partial charge < -0.3 is 19.2 Å². The van der Waals surface area contributed by atoms with Crippen molar-refractivity contribution in [1.82, 2.24) is 4.90 Å². The average molecular weight is 345 g/mol. The molecule has 1 fully saturated rings. The number of benzene rings is 1. The minimum atomic E-state index is -0.385. The van der Waals surface area contributed by atoms with Crippen molar-refractivity contribution in [2.24, 2.45) is 5.92 Å². The summed E-state index contributed by atoms with van der Waals surface area (Å²) in [6, 6.07) is 5.13. The summed E-state index contributed by atoms with van der Waals surface area (Å²) >= 11 is 0. The van der Waals surface area contributed by atoms with Crippen molar-refractivity contribution in [2.45, 2.75) is 26.7 Å². The van der Waals surface area contributed by atoms with E-state index in [4.69, 9.17) is 9.15 Å². The molecular formula is C19H23NO5. The Labute approximate surface area is 146 Å². The van der Waals surface area contributed by atoms with Gasteiger partial charge in [0.2, 0.25) is 0 Å². The Kier molecular flexibility index (Phi) is 5.08. The number of amides is 1. The van der Waals surface area contributed by atoms with E-state index in [1.165, 1.54) is 6.07 Å². The van der Waals surface area contributed by atoms with Crippen molar-refractivity contribution >= 4 is 16.9 Å². The van der Waals surface area contributed by atoms with Gasteiger partial charge >= 0.3 is 5.63 Å². The molecule has 2 aromatic rings. The molecule has 1 aliphatic rings. The molecule has 134 valence electrons. The van der Waals surface area contributed by atoms with Gasteiger partial charge in [0.15, 0.2) is 6.61 Å². The molecule has 0 bridgehead atoms. The molecule has 1 saturated heterocycles. The highest BCUT2D eigenvalue weighted by Crippen LogP contribution is 2.30. The first kappa shape index (κ1) is 17.5. The van der Waals surface area contributed by atoms with E-state index in [0.29, 0.717) is 30.8 Å². The lowest BCUT2D eigenvalue weighted by atomic mass is 10.1. The number of likely N-dealkylation sites (tertiary alicyclic amines) is 1. The zero-order valence-corrected chi connectivity index (χ0v) is 14.6. The third kappa shape index (κ3) is 3.69. The van der Waals surface area contributed by atoms with Crippen LogP contribution in [0.25, 0.3) is 11.0 Å². The molecule has 1 aliphatic heterocycles. The molecular weight excluding hydrogens is 322 g/mol. The third-order valence-corrected chi connectivity index (χ3v) is 4.66. The maximum Gasteiger partial charge on any atom is 0.336 e. The number of rotatable bonds is 5. The second-order valence-corrected chi connectivity index (χ2v) is 6.55. The lowest BCUT2D eigenvalue weighted by Gasteiger charge is -2.17. The van der Waals surface area contributed by atoms with E-state index in [9.17, 15) is 14.7 Å². The number of ether oxygens (including phenoxy) is 1. The second-order valence-electron chi connectivity index (χ2n) is 6.55. The van der Waals surface area contributed by atoms with Crippen LogP contribution in [-0.4, -0.2) is 42.2 Å². The summed E-state index contributed by atoms with van der Waals surface area (Å²) in [5.41, 5.74) is 1.83. The number of hydrogen-bond donors (Lipinski definition) is 1. The standard InChI is InChI=1S/C19H23NO5/c1-3-14-8-18(23)25-16-7-12(2)6-15(19(14)16)24-11-17(22)20-5-4-13(9-20)10-21/h6-8,13,21H,3-5,9-11H2,1-2H3. The fraction of sp³-hybridized carbons (Fsp3) is 0.474. The summed E-state index contributed by atoms with van der Waals surface area (Å²) in [6.45, 7) is 5.10. The summed E-state index contributed by atoms with van der Waals surface area (Å²) in [5, 5.41) is 9.94. The highest BCUT2D eigenvalue weighted by molar-refractivity contribution is 5.88. The maximum atomic E-state index is 12.4. The number of aliphatic hydroxyl groups excluding tert-OH is 1. The number of carbonyl (C=O) groups is 1. The van der Waals surface area contributed by atoms with Crippen LogP contribution in [0, 0.1) is 12.8 Å². The van der Waals surface area contributed by atoms with Crippen molar-refractivity contribution in [2.75, 3.05) is 26.3 Å². The van der Waals surface area contributed by atoms with Crippen LogP contribution in [0.15, 0.2) is 27.4 Å². The number of fused-ring (bicyclic) bond motifs is 1. The molecule has 0 aliphatic carbocycles. The number of aryl methyl sites for hydroxylation is 2. The first-order valence-corrected chi connectivity index (χ1v) is 8.60. The lowest BCUT2D eigenvalue weighted by molar-refractivity contribution is -0.132. The van der Waals surface area contributed by atoms with Gasteiger partial charge in [-0.05, 0) is 43.0 Å². The van der Waals surface area contributed by atoms with E-state index in [1.807, 2.05) is 19.9 Å². The predicted molar refractivity (Wildman–Crippen MR) is 93.9 cm³/mol. The molecule has 25 heavy (non-hydrogen) atoms. The van der Waals surface area contributed by atoms with Gasteiger partial charge in [-0.2, -0.15) is 0 Å². The van der Waals surface area contributed by atoms with Crippen LogP contribution < -0.4 is 10.4 Å². The third-order valence-electron chi connectivity index (χ3n) is 4.66. The average Bonchev–Trinajstić information content (AvgIpc) is 3.07. The summed E-state index contributed by atoms with van der Waals surface area (Å²) in [7, 11) is 0. The molecule has 1 amide bonds. The van der Waals surface area contributed by atoms with E-state index < -0.39 is 0 Å². The first-order chi connectivity index (χ1) is 12.0. The highest BCUT2D eigenvalue weighted by Gasteiger charge is 2.26. The Morgan fingerprint density at radius 1 is 1.40 bits per heavy atom. The minimum Gasteiger partial charge on any atom is -0.483 e. The summed E-state index contributed by atoms with van der Waals surface area (Å²) < 4.78 is 11.1. The Balaban J connectivity index is 1.84. The molecule has 1 N–H and O–H groups in total. The van der Waals surface area contributed by atoms with E-state index in [1.54, 1.807) is 11.0 Å². The van der Waals surface area contributed by atoms with Gasteiger partial charge in [0.1, 0.15) is 11.3 Å². The summed E-state index contributed by atoms with van der Waals surface area (Å²) in [6.07, 6.45) is 1.49. The van der Waals surface area contributed by atoms with E-state index in [2.05, 4.69) is 0 Å². The molecule has 1 aromatic carbocycles. The second kappa shape index (κ2) is 7.27. The molecule has 0 radical (unpaired) electrons. The summed E-state index contributed by atoms with van der Waals surface area (Å²) in [4.78, 5) is 25.8. The van der Waals surface area contributed by atoms with Gasteiger partial charge in [0, 0.05) is 31.7 Å². The minimum absolute atomic E-state index is 0.0705. The molecule has 2 heterocycles. The van der Waals surface area contributed by atoms with Crippen LogP contribution in [0.5, 0.6) is 5.75 Å². The molecule has 1 unspecified atom stereocenters. The molecule has 1 atom stereocenters. The zero-order chi connectivity index (χ0) is 18.0. The van der Waals surface area contributed by atoms with Gasteiger partial charge in [-0.3, -0.25) is 4.79 Å². The van der Waals surface area contributed by atoms with Gasteiger partial charge in [0.25, 0.3) is 5.91 Å². The Bertz CT molecular complexity index is 842. The van der Waals surface area contributed by atoms with Gasteiger partial charge in [-0.25, -0.2) is 4.79 Å². The van der Waals surface area contributed by atoms with E-state index in [-0.39, 0.29) is 30.7 Å². The molecule has 6 nitrogen and oxygen atoms in total. The van der Waals surface area contributed by atoms with E-state index >= 15 is 0 Å². The predicted octanol–water partition coefficient (Wildman–Crippen LogP) is 1.88. The fourth-order valence-electron chi connectivity index (χ4n) is 3.30. The first-order valence-electron chi connectivity index (χ1n) is 8.60. The van der Waals surface area contributed by atoms with Crippen LogP contribution in [0.2, 0.25) is 0 Å². The SMILES string of the molecule is CCc1cc(=O)oc2cc(C)cc(OCC(=O)N3CCC(CO)C3)c12. The Morgan fingerprint density at radius 2 is 2.20 bits per heavy atom. The summed E-state index contributed by atoms with van der Waals surface area (Å²) in [5.74, 6) is 0.618. The Hall–Kier alpha value is -2.34. The number of carbonyl (C=O) groups excluding carboxylic acids is 1.